The summed E-state index contributed by atoms with van der Waals surface area (Å²) in [7, 11) is 0. The van der Waals surface area contributed by atoms with E-state index in [-0.39, 0.29) is 5.90 Å². The minimum Gasteiger partial charge on any atom is -0.451 e. The van der Waals surface area contributed by atoms with Gasteiger partial charge in [-0.15, -0.1) is 0 Å². The number of ether oxygens (including phenoxy) is 1. The molecule has 2 N–H and O–H groups in total. The molecule has 1 aromatic heterocycles. The lowest BCUT2D eigenvalue weighted by Gasteiger charge is -2.38. The summed E-state index contributed by atoms with van der Waals surface area (Å²) in [5.41, 5.74) is 1.29. The van der Waals surface area contributed by atoms with Crippen LogP contribution in [0.2, 0.25) is 0 Å². The van der Waals surface area contributed by atoms with Crippen LogP contribution in [-0.2, 0) is 4.74 Å². The molecule has 0 amide bonds. The summed E-state index contributed by atoms with van der Waals surface area (Å²) in [5, 5.41) is 16.3. The minimum atomic E-state index is -0.437. The number of rotatable bonds is 1. The molecule has 22 heavy (non-hydrogen) atoms. The molecule has 5 heteroatoms. The summed E-state index contributed by atoms with van der Waals surface area (Å²) in [6, 6.07) is 10.0. The van der Waals surface area contributed by atoms with Gasteiger partial charge in [0, 0.05) is 12.8 Å². The molecule has 2 aromatic rings. The highest BCUT2D eigenvalue weighted by Crippen LogP contribution is 2.38. The molecule has 2 aliphatic rings. The van der Waals surface area contributed by atoms with Crippen molar-refractivity contribution in [3.8, 4) is 5.69 Å². The Hall–Kier alpha value is -2.30. The maximum Gasteiger partial charge on any atom is 0.220 e. The third-order valence-corrected chi connectivity index (χ3v) is 4.57. The van der Waals surface area contributed by atoms with Gasteiger partial charge in [-0.25, -0.2) is 4.68 Å². The first-order chi connectivity index (χ1) is 10.8. The number of nitrogens with zero attached hydrogens (tertiary/aromatic N) is 2. The molecule has 1 aliphatic heterocycles. The van der Waals surface area contributed by atoms with Gasteiger partial charge in [0.2, 0.25) is 5.90 Å². The van der Waals surface area contributed by atoms with Gasteiger partial charge in [0.1, 0.15) is 5.82 Å². The molecule has 5 nitrogen and oxygen atoms in total. The summed E-state index contributed by atoms with van der Waals surface area (Å²) < 4.78 is 7.86. The molecule has 0 unspecified atom stereocenters. The first-order valence-electron chi connectivity index (χ1n) is 7.97. The standard InChI is InChI=1S/C17H20N4O/c18-15-14-12-19-21(13-8-4-3-5-9-13)16(14)20-17(22-15)10-6-1-2-7-11-17/h3-5,8-9,12,18,20H,1-2,6-7,10-11H2. The summed E-state index contributed by atoms with van der Waals surface area (Å²) in [4.78, 5) is 0. The molecule has 0 atom stereocenters. The molecule has 114 valence electrons. The van der Waals surface area contributed by atoms with Crippen molar-refractivity contribution >= 4 is 11.7 Å². The Balaban J connectivity index is 1.76. The quantitative estimate of drug-likeness (QED) is 0.843. The number of nitrogens with one attached hydrogen (secondary N) is 2. The number of benzene rings is 1. The van der Waals surface area contributed by atoms with E-state index in [4.69, 9.17) is 10.1 Å². The maximum atomic E-state index is 8.26. The van der Waals surface area contributed by atoms with E-state index in [2.05, 4.69) is 10.4 Å². The third kappa shape index (κ3) is 2.17. The van der Waals surface area contributed by atoms with Crippen LogP contribution in [0, 0.1) is 5.41 Å². The molecule has 0 bridgehead atoms. The van der Waals surface area contributed by atoms with Crippen molar-refractivity contribution in [1.29, 1.82) is 5.41 Å². The maximum absolute atomic E-state index is 8.26. The lowest BCUT2D eigenvalue weighted by Crippen LogP contribution is -2.46. The van der Waals surface area contributed by atoms with Crippen LogP contribution in [-0.4, -0.2) is 21.4 Å². The normalized spacial score (nSPS) is 19.9. The Morgan fingerprint density at radius 1 is 1.09 bits per heavy atom. The number of para-hydroxylation sites is 1. The van der Waals surface area contributed by atoms with Gasteiger partial charge in [0.05, 0.1) is 17.4 Å². The Morgan fingerprint density at radius 2 is 1.82 bits per heavy atom. The fourth-order valence-corrected chi connectivity index (χ4v) is 3.42. The third-order valence-electron chi connectivity index (χ3n) is 4.57. The number of fused-ring (bicyclic) bond motifs is 1. The molecule has 1 fully saturated rings. The van der Waals surface area contributed by atoms with E-state index in [9.17, 15) is 0 Å². The summed E-state index contributed by atoms with van der Waals surface area (Å²) in [5.74, 6) is 1.11. The highest BCUT2D eigenvalue weighted by molar-refractivity contribution is 5.98. The molecule has 1 aliphatic carbocycles. The van der Waals surface area contributed by atoms with Gasteiger partial charge in [-0.3, -0.25) is 5.41 Å². The van der Waals surface area contributed by atoms with Crippen molar-refractivity contribution in [1.82, 2.24) is 9.78 Å². The Labute approximate surface area is 129 Å². The minimum absolute atomic E-state index is 0.234. The fourth-order valence-electron chi connectivity index (χ4n) is 3.42. The van der Waals surface area contributed by atoms with Crippen molar-refractivity contribution in [2.45, 2.75) is 44.2 Å². The Kier molecular flexibility index (Phi) is 3.13. The second-order valence-corrected chi connectivity index (χ2v) is 6.12. The monoisotopic (exact) mass is 296 g/mol. The molecular weight excluding hydrogens is 276 g/mol. The lowest BCUT2D eigenvalue weighted by atomic mass is 10.0. The average Bonchev–Trinajstić information content (AvgIpc) is 2.83. The molecule has 2 heterocycles. The van der Waals surface area contributed by atoms with E-state index in [1.165, 1.54) is 12.8 Å². The van der Waals surface area contributed by atoms with Crippen LogP contribution in [0.4, 0.5) is 5.82 Å². The SMILES string of the molecule is N=C1OC2(CCCCCC2)Nc2c1cnn2-c1ccccc1. The zero-order valence-electron chi connectivity index (χ0n) is 12.5. The van der Waals surface area contributed by atoms with Gasteiger partial charge >= 0.3 is 0 Å². The smallest absolute Gasteiger partial charge is 0.220 e. The summed E-state index contributed by atoms with van der Waals surface area (Å²) >= 11 is 0. The number of hydrogen-bond acceptors (Lipinski definition) is 4. The highest BCUT2D eigenvalue weighted by Gasteiger charge is 2.40. The largest absolute Gasteiger partial charge is 0.451 e. The van der Waals surface area contributed by atoms with Crippen molar-refractivity contribution in [2.24, 2.45) is 0 Å². The Morgan fingerprint density at radius 3 is 2.55 bits per heavy atom. The van der Waals surface area contributed by atoms with Gasteiger partial charge in [0.15, 0.2) is 5.72 Å². The summed E-state index contributed by atoms with van der Waals surface area (Å²) in [6.45, 7) is 0. The van der Waals surface area contributed by atoms with Crippen LogP contribution in [0.15, 0.2) is 36.5 Å². The number of hydrogen-bond donors (Lipinski definition) is 2. The van der Waals surface area contributed by atoms with Gasteiger partial charge in [-0.05, 0) is 25.0 Å². The van der Waals surface area contributed by atoms with Crippen molar-refractivity contribution < 1.29 is 4.74 Å². The van der Waals surface area contributed by atoms with E-state index < -0.39 is 5.72 Å². The average molecular weight is 296 g/mol. The molecule has 1 spiro atoms. The van der Waals surface area contributed by atoms with Crippen LogP contribution >= 0.6 is 0 Å². The van der Waals surface area contributed by atoms with Gasteiger partial charge in [-0.2, -0.15) is 5.10 Å². The van der Waals surface area contributed by atoms with Crippen molar-refractivity contribution in [3.63, 3.8) is 0 Å². The van der Waals surface area contributed by atoms with Crippen LogP contribution < -0.4 is 5.32 Å². The summed E-state index contributed by atoms with van der Waals surface area (Å²) in [6.07, 6.45) is 8.34. The molecule has 1 saturated carbocycles. The second-order valence-electron chi connectivity index (χ2n) is 6.12. The van der Waals surface area contributed by atoms with E-state index in [1.807, 2.05) is 35.0 Å². The fraction of sp³-hybridized carbons (Fsp3) is 0.412. The molecule has 0 radical (unpaired) electrons. The topological polar surface area (TPSA) is 62.9 Å². The van der Waals surface area contributed by atoms with Crippen molar-refractivity contribution in [2.75, 3.05) is 5.32 Å². The predicted octanol–water partition coefficient (Wildman–Crippen LogP) is 3.69. The number of anilines is 1. The lowest BCUT2D eigenvalue weighted by molar-refractivity contribution is 0.0631. The van der Waals surface area contributed by atoms with Crippen LogP contribution in [0.1, 0.15) is 44.1 Å². The first-order valence-corrected chi connectivity index (χ1v) is 7.97. The van der Waals surface area contributed by atoms with E-state index >= 15 is 0 Å². The molecular formula is C17H20N4O. The number of aromatic nitrogens is 2. The van der Waals surface area contributed by atoms with E-state index in [0.717, 1.165) is 42.8 Å². The zero-order valence-corrected chi connectivity index (χ0v) is 12.5. The Bertz CT molecular complexity index is 684. The van der Waals surface area contributed by atoms with Crippen LogP contribution in [0.5, 0.6) is 0 Å². The van der Waals surface area contributed by atoms with E-state index in [0.29, 0.717) is 0 Å². The zero-order chi connectivity index (χ0) is 15.0. The van der Waals surface area contributed by atoms with Gasteiger partial charge < -0.3 is 10.1 Å². The van der Waals surface area contributed by atoms with Crippen molar-refractivity contribution in [3.05, 3.63) is 42.1 Å². The second kappa shape index (κ2) is 5.16. The van der Waals surface area contributed by atoms with Gasteiger partial charge in [0.25, 0.3) is 0 Å². The van der Waals surface area contributed by atoms with Gasteiger partial charge in [-0.1, -0.05) is 31.0 Å². The predicted molar refractivity (Wildman–Crippen MR) is 85.5 cm³/mol. The first kappa shape index (κ1) is 13.4. The van der Waals surface area contributed by atoms with Crippen LogP contribution in [0.25, 0.3) is 5.69 Å². The van der Waals surface area contributed by atoms with E-state index in [1.54, 1.807) is 6.20 Å². The highest BCUT2D eigenvalue weighted by atomic mass is 16.5. The molecule has 0 saturated heterocycles. The molecule has 4 rings (SSSR count). The molecule has 1 aromatic carbocycles. The van der Waals surface area contributed by atoms with Crippen LogP contribution in [0.3, 0.4) is 0 Å².